The number of pyridine rings is 1. The van der Waals surface area contributed by atoms with Crippen LogP contribution in [-0.4, -0.2) is 28.7 Å². The van der Waals surface area contributed by atoms with E-state index in [2.05, 4.69) is 15.8 Å². The summed E-state index contributed by atoms with van der Waals surface area (Å²) in [6, 6.07) is 18.2. The summed E-state index contributed by atoms with van der Waals surface area (Å²) in [5, 5.41) is 0. The number of anilines is 1. The Morgan fingerprint density at radius 3 is 2.30 bits per heavy atom. The lowest BCUT2D eigenvalue weighted by molar-refractivity contribution is -0.121. The van der Waals surface area contributed by atoms with Gasteiger partial charge < -0.3 is 4.74 Å². The average molecular weight is 402 g/mol. The van der Waals surface area contributed by atoms with Gasteiger partial charge in [0, 0.05) is 18.0 Å². The topological polar surface area (TPSA) is 101 Å². The van der Waals surface area contributed by atoms with Crippen LogP contribution >= 0.6 is 0 Å². The van der Waals surface area contributed by atoms with Gasteiger partial charge in [-0.1, -0.05) is 18.2 Å². The fraction of sp³-hybridized carbons (Fsp3) is 0.0909. The van der Waals surface area contributed by atoms with Crippen molar-refractivity contribution < 1.29 is 19.1 Å². The zero-order valence-corrected chi connectivity index (χ0v) is 15.8. The summed E-state index contributed by atoms with van der Waals surface area (Å²) in [6.07, 6.45) is 2.93. The van der Waals surface area contributed by atoms with Gasteiger partial charge in [-0.15, -0.1) is 0 Å². The third kappa shape index (κ3) is 4.18. The molecule has 1 aliphatic heterocycles. The normalized spacial score (nSPS) is 15.9. The number of imide groups is 1. The van der Waals surface area contributed by atoms with Crippen molar-refractivity contribution in [2.75, 3.05) is 4.90 Å². The first-order chi connectivity index (χ1) is 14.6. The van der Waals surface area contributed by atoms with Gasteiger partial charge in [-0.25, -0.2) is 10.3 Å². The highest BCUT2D eigenvalue weighted by Gasteiger charge is 2.39. The van der Waals surface area contributed by atoms with E-state index in [4.69, 9.17) is 4.74 Å². The second-order valence-corrected chi connectivity index (χ2v) is 6.57. The lowest BCUT2D eigenvalue weighted by atomic mass is 10.2. The van der Waals surface area contributed by atoms with Gasteiger partial charge in [0.1, 0.15) is 17.5 Å². The minimum Gasteiger partial charge on any atom is -0.457 e. The summed E-state index contributed by atoms with van der Waals surface area (Å²) < 4.78 is 5.73. The predicted octanol–water partition coefficient (Wildman–Crippen LogP) is 2.44. The molecule has 0 spiro atoms. The molecule has 1 fully saturated rings. The van der Waals surface area contributed by atoms with Crippen molar-refractivity contribution in [3.8, 4) is 11.5 Å². The largest absolute Gasteiger partial charge is 0.457 e. The van der Waals surface area contributed by atoms with Crippen molar-refractivity contribution in [2.45, 2.75) is 12.5 Å². The van der Waals surface area contributed by atoms with Crippen LogP contribution < -0.4 is 20.5 Å². The third-order valence-corrected chi connectivity index (χ3v) is 4.52. The second-order valence-electron chi connectivity index (χ2n) is 6.57. The molecule has 0 saturated carbocycles. The molecule has 2 N–H and O–H groups in total. The van der Waals surface area contributed by atoms with Gasteiger partial charge >= 0.3 is 0 Å². The standard InChI is InChI=1S/C22H18N4O4/c27-20-14-19(24-25-21(28)15-10-12-23-13-11-15)22(29)26(20)16-6-8-18(9-7-16)30-17-4-2-1-3-5-17/h1-13,19,24H,14H2,(H,25,28)/t19-/m1/s1. The molecule has 150 valence electrons. The van der Waals surface area contributed by atoms with Crippen molar-refractivity contribution in [1.82, 2.24) is 15.8 Å². The number of carbonyl (C=O) groups is 3. The molecule has 4 rings (SSSR count). The Morgan fingerprint density at radius 2 is 1.60 bits per heavy atom. The summed E-state index contributed by atoms with van der Waals surface area (Å²) in [6.45, 7) is 0. The Bertz CT molecular complexity index is 1060. The minimum absolute atomic E-state index is 0.0578. The number of hydrogen-bond donors (Lipinski definition) is 2. The third-order valence-electron chi connectivity index (χ3n) is 4.52. The van der Waals surface area contributed by atoms with E-state index in [-0.39, 0.29) is 12.3 Å². The molecule has 8 nitrogen and oxygen atoms in total. The van der Waals surface area contributed by atoms with Gasteiger partial charge in [0.15, 0.2) is 0 Å². The lowest BCUT2D eigenvalue weighted by Gasteiger charge is -2.16. The summed E-state index contributed by atoms with van der Waals surface area (Å²) in [4.78, 5) is 42.1. The maximum atomic E-state index is 12.7. The zero-order valence-electron chi connectivity index (χ0n) is 15.8. The van der Waals surface area contributed by atoms with Crippen LogP contribution in [-0.2, 0) is 9.59 Å². The first kappa shape index (κ1) is 19.3. The maximum absolute atomic E-state index is 12.7. The fourth-order valence-electron chi connectivity index (χ4n) is 3.03. The van der Waals surface area contributed by atoms with Crippen LogP contribution in [0, 0.1) is 0 Å². The second kappa shape index (κ2) is 8.54. The smallest absolute Gasteiger partial charge is 0.265 e. The summed E-state index contributed by atoms with van der Waals surface area (Å²) >= 11 is 0. The Balaban J connectivity index is 1.39. The van der Waals surface area contributed by atoms with Crippen molar-refractivity contribution in [3.05, 3.63) is 84.7 Å². The predicted molar refractivity (Wildman–Crippen MR) is 109 cm³/mol. The van der Waals surface area contributed by atoms with Gasteiger partial charge in [0.05, 0.1) is 12.1 Å². The van der Waals surface area contributed by atoms with Gasteiger partial charge in [0.25, 0.3) is 11.8 Å². The SMILES string of the molecule is O=C(NN[C@@H]1CC(=O)N(c2ccc(Oc3ccccc3)cc2)C1=O)c1ccncc1. The number of para-hydroxylation sites is 1. The van der Waals surface area contributed by atoms with Gasteiger partial charge in [-0.05, 0) is 48.5 Å². The Morgan fingerprint density at radius 1 is 0.933 bits per heavy atom. The molecule has 2 aromatic carbocycles. The molecule has 2 heterocycles. The number of aromatic nitrogens is 1. The Hall–Kier alpha value is -4.04. The number of nitrogens with zero attached hydrogens (tertiary/aromatic N) is 2. The van der Waals surface area contributed by atoms with Crippen molar-refractivity contribution in [3.63, 3.8) is 0 Å². The molecule has 1 aromatic heterocycles. The van der Waals surface area contributed by atoms with E-state index >= 15 is 0 Å². The van der Waals surface area contributed by atoms with E-state index in [0.717, 1.165) is 4.90 Å². The lowest BCUT2D eigenvalue weighted by Crippen LogP contribution is -2.48. The van der Waals surface area contributed by atoms with Crippen LogP contribution in [0.15, 0.2) is 79.1 Å². The van der Waals surface area contributed by atoms with E-state index < -0.39 is 17.9 Å². The molecule has 0 bridgehead atoms. The van der Waals surface area contributed by atoms with Crippen LogP contribution in [0.2, 0.25) is 0 Å². The van der Waals surface area contributed by atoms with Crippen molar-refractivity contribution in [2.24, 2.45) is 0 Å². The molecule has 0 radical (unpaired) electrons. The fourth-order valence-corrected chi connectivity index (χ4v) is 3.03. The summed E-state index contributed by atoms with van der Waals surface area (Å²) in [5.74, 6) is 0.0637. The van der Waals surface area contributed by atoms with Crippen LogP contribution in [0.25, 0.3) is 0 Å². The number of carbonyl (C=O) groups excluding carboxylic acids is 3. The molecule has 1 aliphatic rings. The summed E-state index contributed by atoms with van der Waals surface area (Å²) in [5.41, 5.74) is 5.94. The van der Waals surface area contributed by atoms with Gasteiger partial charge in [0.2, 0.25) is 5.91 Å². The highest BCUT2D eigenvalue weighted by molar-refractivity contribution is 6.22. The number of amides is 3. The first-order valence-corrected chi connectivity index (χ1v) is 9.27. The molecule has 0 unspecified atom stereocenters. The maximum Gasteiger partial charge on any atom is 0.265 e. The number of nitrogens with one attached hydrogen (secondary N) is 2. The highest BCUT2D eigenvalue weighted by atomic mass is 16.5. The van der Waals surface area contributed by atoms with Crippen LogP contribution in [0.3, 0.4) is 0 Å². The summed E-state index contributed by atoms with van der Waals surface area (Å²) in [7, 11) is 0. The van der Waals surface area contributed by atoms with E-state index in [9.17, 15) is 14.4 Å². The van der Waals surface area contributed by atoms with E-state index in [1.807, 2.05) is 30.3 Å². The molecular weight excluding hydrogens is 384 g/mol. The molecule has 30 heavy (non-hydrogen) atoms. The van der Waals surface area contributed by atoms with E-state index in [0.29, 0.717) is 22.7 Å². The molecule has 1 saturated heterocycles. The molecule has 0 aliphatic carbocycles. The van der Waals surface area contributed by atoms with Crippen LogP contribution in [0.4, 0.5) is 5.69 Å². The highest BCUT2D eigenvalue weighted by Crippen LogP contribution is 2.27. The van der Waals surface area contributed by atoms with Crippen molar-refractivity contribution >= 4 is 23.4 Å². The first-order valence-electron chi connectivity index (χ1n) is 9.27. The minimum atomic E-state index is -0.844. The number of ether oxygens (including phenoxy) is 1. The van der Waals surface area contributed by atoms with Crippen LogP contribution in [0.1, 0.15) is 16.8 Å². The zero-order chi connectivity index (χ0) is 20.9. The molecular formula is C22H18N4O4. The van der Waals surface area contributed by atoms with E-state index in [1.54, 1.807) is 36.4 Å². The number of hydrogen-bond acceptors (Lipinski definition) is 6. The average Bonchev–Trinajstić information content (AvgIpc) is 3.07. The van der Waals surface area contributed by atoms with Gasteiger partial charge in [-0.2, -0.15) is 0 Å². The van der Waals surface area contributed by atoms with Gasteiger partial charge in [-0.3, -0.25) is 24.8 Å². The Kier molecular flexibility index (Phi) is 5.49. The quantitative estimate of drug-likeness (QED) is 0.485. The molecule has 3 aromatic rings. The van der Waals surface area contributed by atoms with Crippen LogP contribution in [0.5, 0.6) is 11.5 Å². The molecule has 3 amide bonds. The van der Waals surface area contributed by atoms with Crippen molar-refractivity contribution in [1.29, 1.82) is 0 Å². The number of benzene rings is 2. The van der Waals surface area contributed by atoms with E-state index in [1.165, 1.54) is 12.4 Å². The molecule has 8 heteroatoms. The molecule has 1 atom stereocenters. The number of rotatable bonds is 6. The number of hydrazine groups is 1. The Labute approximate surface area is 172 Å². The monoisotopic (exact) mass is 402 g/mol.